The first-order valence-corrected chi connectivity index (χ1v) is 11.4. The van der Waals surface area contributed by atoms with Crippen LogP contribution in [0, 0.1) is 0 Å². The topological polar surface area (TPSA) is 73.0 Å². The molecule has 0 bridgehead atoms. The normalized spacial score (nSPS) is 15.7. The largest absolute Gasteiger partial charge is 0.487 e. The average Bonchev–Trinajstić information content (AvgIpc) is 3.36. The Morgan fingerprint density at radius 1 is 1.18 bits per heavy atom. The molecule has 2 heterocycles. The third-order valence-corrected chi connectivity index (χ3v) is 5.80. The molecule has 1 aliphatic heterocycles. The number of nitrogens with one attached hydrogen (secondary N) is 1. The van der Waals surface area contributed by atoms with Crippen LogP contribution in [-0.2, 0) is 27.7 Å². The number of H-pyrrole nitrogens is 1. The lowest BCUT2D eigenvalue weighted by molar-refractivity contribution is -0.282. The molecule has 0 radical (unpaired) electrons. The van der Waals surface area contributed by atoms with E-state index in [1.807, 2.05) is 63.2 Å². The number of ether oxygens (including phenoxy) is 2. The lowest BCUT2D eigenvalue weighted by atomic mass is 9.98. The maximum atomic E-state index is 13.0. The van der Waals surface area contributed by atoms with Gasteiger partial charge in [-0.15, -0.1) is 11.6 Å². The van der Waals surface area contributed by atoms with Gasteiger partial charge in [0.25, 0.3) is 0 Å². The number of carbonyl (C=O) groups is 1. The molecule has 0 saturated carbocycles. The number of benzene rings is 2. The molecule has 0 fully saturated rings. The van der Waals surface area contributed by atoms with Gasteiger partial charge in [0, 0.05) is 35.5 Å². The van der Waals surface area contributed by atoms with E-state index in [-0.39, 0.29) is 12.5 Å². The molecule has 33 heavy (non-hydrogen) atoms. The van der Waals surface area contributed by atoms with Crippen molar-refractivity contribution in [3.63, 3.8) is 0 Å². The minimum absolute atomic E-state index is 0.0353. The zero-order chi connectivity index (χ0) is 23.6. The molecule has 0 spiro atoms. The number of aromatic amines is 1. The predicted octanol–water partition coefficient (Wildman–Crippen LogP) is 5.90. The fourth-order valence-electron chi connectivity index (χ4n) is 4.06. The van der Waals surface area contributed by atoms with Gasteiger partial charge >= 0.3 is 6.09 Å². The van der Waals surface area contributed by atoms with Crippen LogP contribution in [0.4, 0.5) is 10.5 Å². The second-order valence-electron chi connectivity index (χ2n) is 9.04. The number of rotatable bonds is 7. The summed E-state index contributed by atoms with van der Waals surface area (Å²) >= 11 is 6.35. The molecular formula is C25H29ClN2O5. The van der Waals surface area contributed by atoms with Crippen molar-refractivity contribution < 1.29 is 24.0 Å². The first-order valence-electron chi connectivity index (χ1n) is 10.9. The Hall–Kier alpha value is -2.74. The molecule has 0 unspecified atom stereocenters. The highest BCUT2D eigenvalue weighted by molar-refractivity contribution is 6.19. The highest BCUT2D eigenvalue weighted by atomic mass is 35.5. The lowest BCUT2D eigenvalue weighted by Crippen LogP contribution is -2.36. The minimum atomic E-state index is -0.605. The molecule has 176 valence electrons. The van der Waals surface area contributed by atoms with Gasteiger partial charge in [-0.3, -0.25) is 4.90 Å². The van der Waals surface area contributed by atoms with E-state index in [4.69, 9.17) is 30.8 Å². The van der Waals surface area contributed by atoms with E-state index in [0.29, 0.717) is 24.8 Å². The number of anilines is 1. The molecule has 1 atom stereocenters. The number of hydrogen-bond acceptors (Lipinski definition) is 5. The summed E-state index contributed by atoms with van der Waals surface area (Å²) in [6.45, 7) is 6.65. The average molecular weight is 473 g/mol. The van der Waals surface area contributed by atoms with Crippen LogP contribution in [0.1, 0.15) is 43.5 Å². The van der Waals surface area contributed by atoms with E-state index in [1.165, 1.54) is 7.11 Å². The molecule has 1 aliphatic rings. The Morgan fingerprint density at radius 3 is 2.61 bits per heavy atom. The molecule has 1 amide bonds. The molecule has 1 aromatic heterocycles. The molecular weight excluding hydrogens is 444 g/mol. The van der Waals surface area contributed by atoms with Crippen molar-refractivity contribution in [1.29, 1.82) is 0 Å². The third kappa shape index (κ3) is 5.11. The van der Waals surface area contributed by atoms with Crippen LogP contribution in [0.5, 0.6) is 5.75 Å². The van der Waals surface area contributed by atoms with Gasteiger partial charge in [-0.25, -0.2) is 14.6 Å². The highest BCUT2D eigenvalue weighted by Crippen LogP contribution is 2.46. The molecule has 3 aromatic rings. The van der Waals surface area contributed by atoms with Crippen molar-refractivity contribution in [2.45, 2.75) is 45.5 Å². The van der Waals surface area contributed by atoms with E-state index < -0.39 is 11.7 Å². The summed E-state index contributed by atoms with van der Waals surface area (Å²) in [6, 6.07) is 13.8. The van der Waals surface area contributed by atoms with Crippen LogP contribution in [-0.4, -0.2) is 36.2 Å². The molecule has 2 aromatic carbocycles. The molecule has 0 saturated heterocycles. The highest BCUT2D eigenvalue weighted by Gasteiger charge is 2.37. The summed E-state index contributed by atoms with van der Waals surface area (Å²) in [6.07, 6.45) is -0.400. The number of halogens is 1. The fraction of sp³-hybridized carbons (Fsp3) is 0.400. The Kier molecular flexibility index (Phi) is 6.83. The number of amides is 1. The summed E-state index contributed by atoms with van der Waals surface area (Å²) in [4.78, 5) is 28.0. The van der Waals surface area contributed by atoms with Crippen molar-refractivity contribution in [2.24, 2.45) is 0 Å². The standard InChI is InChI=1S/C25H29ClN2O5/c1-25(2,3)33-24(29)28-13-17(12-26)22-19-10-18(15-32-30-4)27-23(19)21(11-20(22)28)31-14-16-8-6-5-7-9-16/h5-11,17,27H,12-15H2,1-4H3/t17-/m1/s1. The Bertz CT molecular complexity index is 1120. The van der Waals surface area contributed by atoms with Crippen LogP contribution in [0.3, 0.4) is 0 Å². The first kappa shape index (κ1) is 23.4. The van der Waals surface area contributed by atoms with Crippen molar-refractivity contribution in [3.8, 4) is 5.75 Å². The van der Waals surface area contributed by atoms with E-state index in [9.17, 15) is 4.79 Å². The summed E-state index contributed by atoms with van der Waals surface area (Å²) < 4.78 is 11.9. The van der Waals surface area contributed by atoms with Gasteiger partial charge in [0.1, 0.15) is 24.6 Å². The van der Waals surface area contributed by atoms with Crippen LogP contribution in [0.2, 0.25) is 0 Å². The maximum absolute atomic E-state index is 13.0. The SMILES string of the molecule is COOCc1cc2c3c(cc(OCc4ccccc4)c2[nH]1)N(C(=O)OC(C)(C)C)C[C@H]3CCl. The number of carbonyl (C=O) groups excluding carboxylic acids is 1. The lowest BCUT2D eigenvalue weighted by Gasteiger charge is -2.25. The summed E-state index contributed by atoms with van der Waals surface area (Å²) in [5.41, 5.74) is 3.85. The fourth-order valence-corrected chi connectivity index (χ4v) is 4.31. The summed E-state index contributed by atoms with van der Waals surface area (Å²) in [5.74, 6) is 0.979. The number of nitrogens with zero attached hydrogens (tertiary/aromatic N) is 1. The predicted molar refractivity (Wildman–Crippen MR) is 128 cm³/mol. The monoisotopic (exact) mass is 472 g/mol. The number of alkyl halides is 1. The van der Waals surface area contributed by atoms with Gasteiger partial charge in [0.05, 0.1) is 18.3 Å². The van der Waals surface area contributed by atoms with Gasteiger partial charge in [-0.05, 0) is 38.0 Å². The smallest absolute Gasteiger partial charge is 0.414 e. The van der Waals surface area contributed by atoms with Gasteiger partial charge in [0.2, 0.25) is 0 Å². The van der Waals surface area contributed by atoms with E-state index in [2.05, 4.69) is 4.98 Å². The van der Waals surface area contributed by atoms with Crippen LogP contribution >= 0.6 is 11.6 Å². The van der Waals surface area contributed by atoms with Gasteiger partial charge in [0.15, 0.2) is 0 Å². The second kappa shape index (κ2) is 9.63. The second-order valence-corrected chi connectivity index (χ2v) is 9.34. The van der Waals surface area contributed by atoms with Crippen molar-refractivity contribution >= 4 is 34.3 Å². The summed E-state index contributed by atoms with van der Waals surface area (Å²) in [5, 5.41) is 0.946. The molecule has 1 N–H and O–H groups in total. The van der Waals surface area contributed by atoms with Crippen LogP contribution in [0.25, 0.3) is 10.9 Å². The van der Waals surface area contributed by atoms with Crippen LogP contribution in [0.15, 0.2) is 42.5 Å². The molecule has 0 aliphatic carbocycles. The third-order valence-electron chi connectivity index (χ3n) is 5.43. The maximum Gasteiger partial charge on any atom is 0.414 e. The molecule has 8 heteroatoms. The quantitative estimate of drug-likeness (QED) is 0.263. The Morgan fingerprint density at radius 2 is 1.94 bits per heavy atom. The first-order chi connectivity index (χ1) is 15.8. The number of hydrogen-bond donors (Lipinski definition) is 1. The van der Waals surface area contributed by atoms with E-state index in [1.54, 1.807) is 4.90 Å². The van der Waals surface area contributed by atoms with Gasteiger partial charge in [-0.2, -0.15) is 0 Å². The minimum Gasteiger partial charge on any atom is -0.487 e. The molecule has 4 rings (SSSR count). The van der Waals surface area contributed by atoms with E-state index in [0.717, 1.165) is 33.4 Å². The molecule has 7 nitrogen and oxygen atoms in total. The van der Waals surface area contributed by atoms with E-state index >= 15 is 0 Å². The van der Waals surface area contributed by atoms with Crippen molar-refractivity contribution in [1.82, 2.24) is 4.98 Å². The zero-order valence-corrected chi connectivity index (χ0v) is 20.1. The van der Waals surface area contributed by atoms with Crippen LogP contribution < -0.4 is 9.64 Å². The van der Waals surface area contributed by atoms with Crippen molar-refractivity contribution in [3.05, 3.63) is 59.3 Å². The number of aromatic nitrogens is 1. The van der Waals surface area contributed by atoms with Crippen molar-refractivity contribution in [2.75, 3.05) is 24.4 Å². The Balaban J connectivity index is 1.78. The Labute approximate surface area is 198 Å². The van der Waals surface area contributed by atoms with Gasteiger partial charge in [-0.1, -0.05) is 30.3 Å². The zero-order valence-electron chi connectivity index (χ0n) is 19.3. The summed E-state index contributed by atoms with van der Waals surface area (Å²) in [7, 11) is 1.47. The van der Waals surface area contributed by atoms with Gasteiger partial charge < -0.3 is 14.5 Å². The number of fused-ring (bicyclic) bond motifs is 3.